The smallest absolute Gasteiger partial charge is 0.313 e. The molecule has 1 aromatic rings. The summed E-state index contributed by atoms with van der Waals surface area (Å²) in [4.78, 5) is 58.7. The van der Waals surface area contributed by atoms with E-state index in [0.29, 0.717) is 31.2 Å². The van der Waals surface area contributed by atoms with Crippen molar-refractivity contribution in [2.45, 2.75) is 100 Å². The highest BCUT2D eigenvalue weighted by Crippen LogP contribution is 2.60. The van der Waals surface area contributed by atoms with Crippen LogP contribution in [0, 0.1) is 11.8 Å². The molecule has 3 amide bonds. The summed E-state index contributed by atoms with van der Waals surface area (Å²) >= 11 is 3.72. The van der Waals surface area contributed by atoms with E-state index >= 15 is 0 Å². The fraction of sp³-hybridized carbons (Fsp3) is 0.600. The Balaban J connectivity index is 1.70. The zero-order valence-electron chi connectivity index (χ0n) is 27.3. The Morgan fingerprint density at radius 1 is 1.22 bits per heavy atom. The van der Waals surface area contributed by atoms with Gasteiger partial charge in [-0.2, -0.15) is 0 Å². The lowest BCUT2D eigenvalue weighted by atomic mass is 9.70. The average Bonchev–Trinajstić information content (AvgIpc) is 3.60. The van der Waals surface area contributed by atoms with E-state index < -0.39 is 53.2 Å². The minimum atomic E-state index is -1.24. The Morgan fingerprint density at radius 2 is 1.91 bits per heavy atom. The van der Waals surface area contributed by atoms with E-state index in [1.165, 1.54) is 0 Å². The van der Waals surface area contributed by atoms with Gasteiger partial charge in [0.1, 0.15) is 17.7 Å². The van der Waals surface area contributed by atoms with Crippen LogP contribution < -0.4 is 5.32 Å². The Kier molecular flexibility index (Phi) is 11.5. The van der Waals surface area contributed by atoms with Crippen molar-refractivity contribution >= 4 is 39.6 Å². The van der Waals surface area contributed by atoms with E-state index in [9.17, 15) is 24.3 Å². The van der Waals surface area contributed by atoms with Crippen molar-refractivity contribution in [2.24, 2.45) is 11.8 Å². The lowest BCUT2D eigenvalue weighted by Crippen LogP contribution is -2.60. The topological polar surface area (TPSA) is 125 Å². The number of carbonyl (C=O) groups excluding carboxylic acids is 4. The zero-order chi connectivity index (χ0) is 33.8. The molecule has 3 aliphatic rings. The van der Waals surface area contributed by atoms with E-state index in [2.05, 4.69) is 34.4 Å². The molecule has 1 unspecified atom stereocenters. The summed E-state index contributed by atoms with van der Waals surface area (Å²) in [5.74, 6) is -3.30. The number of carbonyl (C=O) groups is 4. The Hall–Kier alpha value is -3.02. The van der Waals surface area contributed by atoms with Crippen molar-refractivity contribution in [1.29, 1.82) is 0 Å². The van der Waals surface area contributed by atoms with Crippen LogP contribution in [0.25, 0.3) is 0 Å². The highest BCUT2D eigenvalue weighted by molar-refractivity contribution is 9.09. The van der Waals surface area contributed by atoms with Crippen LogP contribution in [-0.2, 0) is 28.7 Å². The SMILES string of the molecule is C=CCCC(=O)N[C@H](C)[C@@H](OC(=O)[C@H]1[C@@H]2O[C@@]3(CC2Br)[C@@H]1C(=O)N(CCCCO)[C@@H]3C(=O)N(CC=C)C(C)(C)C)c1ccccc1. The van der Waals surface area contributed by atoms with E-state index in [0.717, 1.165) is 0 Å². The summed E-state index contributed by atoms with van der Waals surface area (Å²) in [7, 11) is 0. The molecular weight excluding hydrogens is 654 g/mol. The van der Waals surface area contributed by atoms with Gasteiger partial charge in [-0.05, 0) is 58.9 Å². The second-order valence-electron chi connectivity index (χ2n) is 13.5. The quantitative estimate of drug-likeness (QED) is 0.122. The van der Waals surface area contributed by atoms with Gasteiger partial charge in [-0.15, -0.1) is 13.2 Å². The van der Waals surface area contributed by atoms with Crippen molar-refractivity contribution in [3.8, 4) is 0 Å². The lowest BCUT2D eigenvalue weighted by molar-refractivity contribution is -0.162. The average molecular weight is 703 g/mol. The first-order valence-electron chi connectivity index (χ1n) is 16.1. The largest absolute Gasteiger partial charge is 0.455 e. The third-order valence-corrected chi connectivity index (χ3v) is 10.1. The third kappa shape index (κ3) is 6.96. The second kappa shape index (κ2) is 14.8. The highest BCUT2D eigenvalue weighted by atomic mass is 79.9. The van der Waals surface area contributed by atoms with Crippen LogP contribution in [0.5, 0.6) is 0 Å². The van der Waals surface area contributed by atoms with Crippen molar-refractivity contribution in [2.75, 3.05) is 19.7 Å². The zero-order valence-corrected chi connectivity index (χ0v) is 28.9. The number of aliphatic hydroxyl groups is 1. The van der Waals surface area contributed by atoms with E-state index in [1.54, 1.807) is 28.9 Å². The number of hydrogen-bond donors (Lipinski definition) is 2. The molecule has 1 spiro atoms. The summed E-state index contributed by atoms with van der Waals surface area (Å²) in [5.41, 5.74) is -1.12. The number of allylic oxidation sites excluding steroid dienone is 1. The van der Waals surface area contributed by atoms with Gasteiger partial charge in [0.15, 0.2) is 0 Å². The van der Waals surface area contributed by atoms with Crippen LogP contribution in [-0.4, -0.2) is 92.4 Å². The maximum atomic E-state index is 14.5. The Labute approximate surface area is 280 Å². The molecule has 3 fully saturated rings. The van der Waals surface area contributed by atoms with E-state index in [1.807, 2.05) is 51.1 Å². The van der Waals surface area contributed by atoms with Crippen LogP contribution in [0.15, 0.2) is 55.6 Å². The summed E-state index contributed by atoms with van der Waals surface area (Å²) in [6, 6.07) is 7.64. The molecule has 3 heterocycles. The molecule has 8 atom stereocenters. The lowest BCUT2D eigenvalue weighted by Gasteiger charge is -2.42. The number of benzene rings is 1. The molecule has 1 aromatic carbocycles. The number of likely N-dealkylation sites (tertiary alicyclic amines) is 1. The summed E-state index contributed by atoms with van der Waals surface area (Å²) < 4.78 is 12.9. The first-order valence-corrected chi connectivity index (χ1v) is 17.0. The number of amides is 3. The number of fused-ring (bicyclic) bond motifs is 1. The Morgan fingerprint density at radius 3 is 2.52 bits per heavy atom. The van der Waals surface area contributed by atoms with Gasteiger partial charge in [0.2, 0.25) is 17.7 Å². The predicted octanol–water partition coefficient (Wildman–Crippen LogP) is 4.08. The first kappa shape index (κ1) is 35.8. The van der Waals surface area contributed by atoms with Crippen LogP contribution in [0.2, 0.25) is 0 Å². The first-order chi connectivity index (χ1) is 21.8. The second-order valence-corrected chi connectivity index (χ2v) is 14.7. The van der Waals surface area contributed by atoms with Gasteiger partial charge >= 0.3 is 5.97 Å². The Bertz CT molecular complexity index is 1300. The number of halogens is 1. The number of nitrogens with one attached hydrogen (secondary N) is 1. The van der Waals surface area contributed by atoms with Crippen molar-refractivity contribution in [1.82, 2.24) is 15.1 Å². The van der Waals surface area contributed by atoms with Crippen LogP contribution in [0.4, 0.5) is 0 Å². The monoisotopic (exact) mass is 701 g/mol. The van der Waals surface area contributed by atoms with Crippen LogP contribution in [0.3, 0.4) is 0 Å². The molecule has 0 aliphatic carbocycles. The van der Waals surface area contributed by atoms with E-state index in [-0.39, 0.29) is 48.7 Å². The summed E-state index contributed by atoms with van der Waals surface area (Å²) in [6.07, 6.45) is 3.90. The normalized spacial score (nSPS) is 27.9. The number of nitrogens with zero attached hydrogens (tertiary/aromatic N) is 2. The fourth-order valence-corrected chi connectivity index (χ4v) is 8.17. The summed E-state index contributed by atoms with van der Waals surface area (Å²) in [5, 5.41) is 12.4. The number of unbranched alkanes of at least 4 members (excludes halogenated alkanes) is 1. The molecule has 252 valence electrons. The maximum Gasteiger partial charge on any atom is 0.313 e. The van der Waals surface area contributed by atoms with Gasteiger partial charge < -0.3 is 29.7 Å². The van der Waals surface area contributed by atoms with Gasteiger partial charge in [0.25, 0.3) is 0 Å². The molecule has 4 rings (SSSR count). The maximum absolute atomic E-state index is 14.5. The van der Waals surface area contributed by atoms with E-state index in [4.69, 9.17) is 9.47 Å². The minimum Gasteiger partial charge on any atom is -0.455 e. The fourth-order valence-electron chi connectivity index (χ4n) is 7.22. The number of aliphatic hydroxyl groups excluding tert-OH is 1. The molecule has 10 nitrogen and oxygen atoms in total. The van der Waals surface area contributed by atoms with Crippen molar-refractivity contribution in [3.63, 3.8) is 0 Å². The standard InChI is InChI=1S/C35H48BrN3O7/c1-7-9-17-25(41)37-22(3)28(23-15-11-10-12-16-23)45-33(44)26-27-31(42)38(19-13-14-20-40)30(35(27)21-24(36)29(26)46-35)32(43)39(18-8-2)34(4,5)6/h7-8,10-12,15-16,22,24,26-30,40H,1-2,9,13-14,17-21H2,3-6H3,(H,37,41)/t22-,24?,26-,27+,28-,29-,30-,35+/m1/s1. The molecule has 0 radical (unpaired) electrons. The predicted molar refractivity (Wildman–Crippen MR) is 178 cm³/mol. The molecule has 46 heavy (non-hydrogen) atoms. The molecule has 2 bridgehead atoms. The molecule has 0 saturated carbocycles. The molecule has 3 aliphatic heterocycles. The highest BCUT2D eigenvalue weighted by Gasteiger charge is 2.77. The number of alkyl halides is 1. The number of hydrogen-bond acceptors (Lipinski definition) is 7. The number of esters is 1. The van der Waals surface area contributed by atoms with Crippen molar-refractivity contribution < 1.29 is 33.8 Å². The summed E-state index contributed by atoms with van der Waals surface area (Å²) in [6.45, 7) is 15.6. The molecule has 2 N–H and O–H groups in total. The molecular formula is C35H48BrN3O7. The van der Waals surface area contributed by atoms with Gasteiger partial charge in [-0.3, -0.25) is 19.2 Å². The minimum absolute atomic E-state index is 0.0417. The number of ether oxygens (including phenoxy) is 2. The van der Waals surface area contributed by atoms with Gasteiger partial charge in [0.05, 0.1) is 24.0 Å². The third-order valence-electron chi connectivity index (χ3n) is 9.28. The molecule has 3 saturated heterocycles. The van der Waals surface area contributed by atoms with Gasteiger partial charge in [0, 0.05) is 36.5 Å². The van der Waals surface area contributed by atoms with Gasteiger partial charge in [-0.25, -0.2) is 0 Å². The number of rotatable bonds is 15. The van der Waals surface area contributed by atoms with Gasteiger partial charge in [-0.1, -0.05) is 58.4 Å². The van der Waals surface area contributed by atoms with Crippen LogP contribution in [0.1, 0.15) is 71.5 Å². The van der Waals surface area contributed by atoms with Crippen molar-refractivity contribution in [3.05, 3.63) is 61.2 Å². The van der Waals surface area contributed by atoms with Crippen LogP contribution >= 0.6 is 15.9 Å². The molecule has 11 heteroatoms. The molecule has 0 aromatic heterocycles.